The highest BCUT2D eigenvalue weighted by Gasteiger charge is 2.20. The van der Waals surface area contributed by atoms with E-state index in [0.29, 0.717) is 5.55 Å². The summed E-state index contributed by atoms with van der Waals surface area (Å²) in [6, 6.07) is 2.16. The van der Waals surface area contributed by atoms with Gasteiger partial charge in [-0.3, -0.25) is 0 Å². The van der Waals surface area contributed by atoms with Crippen molar-refractivity contribution in [3.63, 3.8) is 0 Å². The first-order valence-corrected chi connectivity index (χ1v) is 7.34. The largest absolute Gasteiger partial charge is 0.464 e. The second-order valence-electron chi connectivity index (χ2n) is 5.85. The van der Waals surface area contributed by atoms with Crippen LogP contribution >= 0.6 is 0 Å². The van der Waals surface area contributed by atoms with E-state index in [0.717, 1.165) is 57.9 Å². The van der Waals surface area contributed by atoms with Crippen LogP contribution in [0.15, 0.2) is 26.3 Å². The van der Waals surface area contributed by atoms with Gasteiger partial charge in [-0.2, -0.15) is 0 Å². The van der Waals surface area contributed by atoms with Gasteiger partial charge in [-0.25, -0.2) is 0 Å². The number of fused-ring (bicyclic) bond motifs is 4. The molecule has 4 nitrogen and oxygen atoms in total. The molecule has 1 N–H and O–H groups in total. The summed E-state index contributed by atoms with van der Waals surface area (Å²) < 4.78 is 11.5. The SMILES string of the molecule is Cc1coc2c(C)c3o/c(=N/O)c4c(c3cc12)CCCC4. The Morgan fingerprint density at radius 1 is 1.05 bits per heavy atom. The molecule has 0 saturated heterocycles. The van der Waals surface area contributed by atoms with Gasteiger partial charge in [0.1, 0.15) is 11.2 Å². The van der Waals surface area contributed by atoms with Crippen LogP contribution in [-0.2, 0) is 12.8 Å². The maximum Gasteiger partial charge on any atom is 0.259 e. The van der Waals surface area contributed by atoms with Gasteiger partial charge in [0.05, 0.1) is 6.26 Å². The highest BCUT2D eigenvalue weighted by molar-refractivity contribution is 5.99. The van der Waals surface area contributed by atoms with E-state index in [2.05, 4.69) is 18.1 Å². The van der Waals surface area contributed by atoms with Gasteiger partial charge < -0.3 is 14.0 Å². The Balaban J connectivity index is 2.25. The van der Waals surface area contributed by atoms with E-state index in [1.165, 1.54) is 12.0 Å². The van der Waals surface area contributed by atoms with Crippen molar-refractivity contribution in [3.05, 3.63) is 40.1 Å². The number of hydrogen-bond acceptors (Lipinski definition) is 4. The van der Waals surface area contributed by atoms with Crippen molar-refractivity contribution in [1.29, 1.82) is 0 Å². The molecule has 3 aromatic rings. The lowest BCUT2D eigenvalue weighted by Gasteiger charge is -2.17. The van der Waals surface area contributed by atoms with E-state index in [9.17, 15) is 5.21 Å². The van der Waals surface area contributed by atoms with Crippen LogP contribution in [0.5, 0.6) is 0 Å². The van der Waals surface area contributed by atoms with Gasteiger partial charge in [0.2, 0.25) is 0 Å². The zero-order valence-corrected chi connectivity index (χ0v) is 12.2. The summed E-state index contributed by atoms with van der Waals surface area (Å²) in [5.41, 5.74) is 6.39. The van der Waals surface area contributed by atoms with Crippen LogP contribution in [0.4, 0.5) is 0 Å². The maximum atomic E-state index is 9.27. The monoisotopic (exact) mass is 283 g/mol. The second-order valence-corrected chi connectivity index (χ2v) is 5.85. The van der Waals surface area contributed by atoms with Gasteiger partial charge in [-0.15, -0.1) is 0 Å². The van der Waals surface area contributed by atoms with Gasteiger partial charge in [-0.05, 0) is 61.9 Å². The molecule has 1 aliphatic rings. The molecule has 2 aromatic heterocycles. The summed E-state index contributed by atoms with van der Waals surface area (Å²) >= 11 is 0. The fourth-order valence-corrected chi connectivity index (χ4v) is 3.47. The zero-order chi connectivity index (χ0) is 14.6. The van der Waals surface area contributed by atoms with Crippen molar-refractivity contribution < 1.29 is 14.0 Å². The molecule has 0 bridgehead atoms. The highest BCUT2D eigenvalue weighted by Crippen LogP contribution is 2.34. The average molecular weight is 283 g/mol. The third-order valence-corrected chi connectivity index (χ3v) is 4.58. The molecule has 0 fully saturated rings. The maximum absolute atomic E-state index is 9.27. The van der Waals surface area contributed by atoms with E-state index >= 15 is 0 Å². The molecule has 0 spiro atoms. The molecule has 0 aliphatic heterocycles. The summed E-state index contributed by atoms with van der Waals surface area (Å²) in [4.78, 5) is 0. The third-order valence-electron chi connectivity index (χ3n) is 4.58. The van der Waals surface area contributed by atoms with E-state index in [-0.39, 0.29) is 0 Å². The van der Waals surface area contributed by atoms with Crippen molar-refractivity contribution in [1.82, 2.24) is 0 Å². The fraction of sp³-hybridized carbons (Fsp3) is 0.353. The minimum atomic E-state index is 0.350. The standard InChI is InChI=1S/C17H17NO3/c1-9-8-20-15-10(2)16-14(7-13(9)15)11-5-3-4-6-12(11)17(18-19)21-16/h7-8,19H,3-6H2,1-2H3/b18-17+. The molecule has 0 saturated carbocycles. The summed E-state index contributed by atoms with van der Waals surface area (Å²) in [7, 11) is 0. The molecule has 4 heteroatoms. The summed E-state index contributed by atoms with van der Waals surface area (Å²) in [6.07, 6.45) is 5.98. The Morgan fingerprint density at radius 3 is 2.57 bits per heavy atom. The lowest BCUT2D eigenvalue weighted by atomic mass is 9.89. The van der Waals surface area contributed by atoms with Gasteiger partial charge in [-0.1, -0.05) is 0 Å². The van der Waals surface area contributed by atoms with Crippen molar-refractivity contribution in [3.8, 4) is 0 Å². The van der Waals surface area contributed by atoms with Gasteiger partial charge in [0, 0.05) is 21.9 Å². The number of hydrogen-bond donors (Lipinski definition) is 1. The van der Waals surface area contributed by atoms with Crippen LogP contribution in [-0.4, -0.2) is 5.21 Å². The van der Waals surface area contributed by atoms with Crippen LogP contribution in [0.1, 0.15) is 35.1 Å². The average Bonchev–Trinajstić information content (AvgIpc) is 2.89. The Morgan fingerprint density at radius 2 is 1.81 bits per heavy atom. The highest BCUT2D eigenvalue weighted by atomic mass is 16.5. The molecule has 1 aliphatic carbocycles. The number of nitrogens with zero attached hydrogens (tertiary/aromatic N) is 1. The lowest BCUT2D eigenvalue weighted by molar-refractivity contribution is 0.274. The molecule has 0 amide bonds. The first-order chi connectivity index (χ1) is 10.2. The van der Waals surface area contributed by atoms with Crippen LogP contribution in [0.25, 0.3) is 21.9 Å². The van der Waals surface area contributed by atoms with Crippen molar-refractivity contribution in [2.45, 2.75) is 39.5 Å². The first-order valence-electron chi connectivity index (χ1n) is 7.34. The Hall–Kier alpha value is -2.23. The van der Waals surface area contributed by atoms with Crippen LogP contribution in [0, 0.1) is 13.8 Å². The smallest absolute Gasteiger partial charge is 0.259 e. The quantitative estimate of drug-likeness (QED) is 0.501. The molecule has 0 atom stereocenters. The van der Waals surface area contributed by atoms with E-state index in [4.69, 9.17) is 8.83 Å². The van der Waals surface area contributed by atoms with Gasteiger partial charge >= 0.3 is 0 Å². The molecule has 0 unspecified atom stereocenters. The predicted molar refractivity (Wildman–Crippen MR) is 79.5 cm³/mol. The van der Waals surface area contributed by atoms with Crippen molar-refractivity contribution in [2.24, 2.45) is 5.16 Å². The minimum Gasteiger partial charge on any atom is -0.464 e. The molecule has 108 valence electrons. The van der Waals surface area contributed by atoms with Crippen molar-refractivity contribution in [2.75, 3.05) is 0 Å². The first kappa shape index (κ1) is 12.5. The van der Waals surface area contributed by atoms with Gasteiger partial charge in [0.15, 0.2) is 0 Å². The van der Waals surface area contributed by atoms with E-state index in [1.807, 2.05) is 6.92 Å². The third kappa shape index (κ3) is 1.65. The number of benzene rings is 1. The minimum absolute atomic E-state index is 0.350. The second kappa shape index (κ2) is 4.38. The number of aryl methyl sites for hydroxylation is 3. The van der Waals surface area contributed by atoms with E-state index in [1.54, 1.807) is 6.26 Å². The zero-order valence-electron chi connectivity index (χ0n) is 12.2. The predicted octanol–water partition coefficient (Wildman–Crippen LogP) is 3.96. The van der Waals surface area contributed by atoms with Crippen LogP contribution < -0.4 is 5.55 Å². The Bertz CT molecular complexity index is 931. The summed E-state index contributed by atoms with van der Waals surface area (Å²) in [5, 5.41) is 14.9. The fourth-order valence-electron chi connectivity index (χ4n) is 3.47. The lowest BCUT2D eigenvalue weighted by Crippen LogP contribution is -2.17. The molecule has 1 aromatic carbocycles. The molecular weight excluding hydrogens is 266 g/mol. The van der Waals surface area contributed by atoms with Crippen LogP contribution in [0.3, 0.4) is 0 Å². The summed E-state index contributed by atoms with van der Waals surface area (Å²) in [5.74, 6) is 0. The molecule has 21 heavy (non-hydrogen) atoms. The number of rotatable bonds is 0. The van der Waals surface area contributed by atoms with Crippen LogP contribution in [0.2, 0.25) is 0 Å². The Labute approximate surface area is 121 Å². The Kier molecular flexibility index (Phi) is 2.61. The topological polar surface area (TPSA) is 58.9 Å². The van der Waals surface area contributed by atoms with Crippen molar-refractivity contribution >= 4 is 21.9 Å². The molecule has 4 rings (SSSR count). The summed E-state index contributed by atoms with van der Waals surface area (Å²) in [6.45, 7) is 4.05. The normalized spacial score (nSPS) is 15.8. The molecular formula is C17H17NO3. The van der Waals surface area contributed by atoms with E-state index < -0.39 is 0 Å². The molecule has 0 radical (unpaired) electrons. The number of furan rings is 1. The molecule has 2 heterocycles. The van der Waals surface area contributed by atoms with Gasteiger partial charge in [0.25, 0.3) is 5.55 Å².